The van der Waals surface area contributed by atoms with Crippen LogP contribution in [0.5, 0.6) is 0 Å². The van der Waals surface area contributed by atoms with Crippen molar-refractivity contribution >= 4 is 28.9 Å². The van der Waals surface area contributed by atoms with Crippen molar-refractivity contribution in [2.75, 3.05) is 37.6 Å². The van der Waals surface area contributed by atoms with Crippen LogP contribution in [0.2, 0.25) is 10.0 Å². The molecule has 0 aromatic heterocycles. The van der Waals surface area contributed by atoms with Crippen LogP contribution < -0.4 is 10.6 Å². The summed E-state index contributed by atoms with van der Waals surface area (Å²) in [5.41, 5.74) is 6.45. The summed E-state index contributed by atoms with van der Waals surface area (Å²) in [7, 11) is 0. The first-order valence-electron chi connectivity index (χ1n) is 8.86. The highest BCUT2D eigenvalue weighted by molar-refractivity contribution is 6.43. The minimum atomic E-state index is -0.511. The number of hydrogen-bond donors (Lipinski definition) is 2. The van der Waals surface area contributed by atoms with Gasteiger partial charge in [-0.05, 0) is 44.2 Å². The van der Waals surface area contributed by atoms with Gasteiger partial charge in [0, 0.05) is 38.8 Å². The molecule has 3 N–H and O–H groups in total. The molecule has 6 heteroatoms. The first-order chi connectivity index (χ1) is 11.5. The molecule has 2 aliphatic rings. The second kappa shape index (κ2) is 7.79. The third kappa shape index (κ3) is 4.36. The molecule has 2 fully saturated rings. The first kappa shape index (κ1) is 18.3. The van der Waals surface area contributed by atoms with E-state index in [9.17, 15) is 5.11 Å². The third-order valence-corrected chi connectivity index (χ3v) is 6.31. The predicted molar refractivity (Wildman–Crippen MR) is 101 cm³/mol. The molecule has 0 unspecified atom stereocenters. The van der Waals surface area contributed by atoms with Gasteiger partial charge in [0.05, 0.1) is 21.3 Å². The molecule has 1 aromatic carbocycles. The summed E-state index contributed by atoms with van der Waals surface area (Å²) in [6.45, 7) is 4.78. The lowest BCUT2D eigenvalue weighted by atomic mass is 9.80. The Balaban J connectivity index is 1.48. The lowest BCUT2D eigenvalue weighted by Crippen LogP contribution is -2.48. The Labute approximate surface area is 154 Å². The number of halogens is 2. The van der Waals surface area contributed by atoms with Crippen LogP contribution >= 0.6 is 23.2 Å². The molecule has 1 saturated carbocycles. The van der Waals surface area contributed by atoms with Crippen LogP contribution in [0.1, 0.15) is 32.1 Å². The van der Waals surface area contributed by atoms with Crippen LogP contribution in [0.4, 0.5) is 5.69 Å². The zero-order valence-corrected chi connectivity index (χ0v) is 15.6. The molecular weight excluding hydrogens is 345 g/mol. The van der Waals surface area contributed by atoms with Gasteiger partial charge >= 0.3 is 0 Å². The van der Waals surface area contributed by atoms with Gasteiger partial charge in [-0.2, -0.15) is 0 Å². The molecule has 0 bridgehead atoms. The minimum Gasteiger partial charge on any atom is -0.390 e. The Morgan fingerprint density at radius 3 is 2.46 bits per heavy atom. The fraction of sp³-hybridized carbons (Fsp3) is 0.667. The van der Waals surface area contributed by atoms with Crippen molar-refractivity contribution in [2.45, 2.75) is 43.7 Å². The normalized spacial score (nSPS) is 29.0. The van der Waals surface area contributed by atoms with Crippen LogP contribution in [-0.2, 0) is 0 Å². The number of nitrogens with zero attached hydrogens (tertiary/aromatic N) is 2. The lowest BCUT2D eigenvalue weighted by Gasteiger charge is -2.39. The van der Waals surface area contributed by atoms with E-state index < -0.39 is 5.60 Å². The van der Waals surface area contributed by atoms with Gasteiger partial charge in [0.15, 0.2) is 0 Å². The molecule has 0 spiro atoms. The number of nitrogens with two attached hydrogens (primary N) is 1. The van der Waals surface area contributed by atoms with E-state index in [1.54, 1.807) is 0 Å². The molecule has 24 heavy (non-hydrogen) atoms. The number of rotatable bonds is 4. The maximum Gasteiger partial charge on any atom is 0.0825 e. The molecule has 0 amide bonds. The van der Waals surface area contributed by atoms with Crippen LogP contribution in [0, 0.1) is 0 Å². The Bertz CT molecular complexity index is 553. The van der Waals surface area contributed by atoms with Gasteiger partial charge in [-0.15, -0.1) is 0 Å². The molecule has 1 saturated heterocycles. The molecule has 1 heterocycles. The fourth-order valence-electron chi connectivity index (χ4n) is 3.74. The number of benzene rings is 1. The summed E-state index contributed by atoms with van der Waals surface area (Å²) < 4.78 is 0. The van der Waals surface area contributed by atoms with Gasteiger partial charge in [0.1, 0.15) is 0 Å². The first-order valence-corrected chi connectivity index (χ1v) is 9.62. The van der Waals surface area contributed by atoms with Crippen LogP contribution in [0.3, 0.4) is 0 Å². The molecule has 1 aliphatic carbocycles. The highest BCUT2D eigenvalue weighted by Crippen LogP contribution is 2.33. The average Bonchev–Trinajstić information content (AvgIpc) is 2.59. The highest BCUT2D eigenvalue weighted by Gasteiger charge is 2.32. The molecule has 0 atom stereocenters. The van der Waals surface area contributed by atoms with Gasteiger partial charge in [0.2, 0.25) is 0 Å². The summed E-state index contributed by atoms with van der Waals surface area (Å²) in [6.07, 6.45) is 4.41. The van der Waals surface area contributed by atoms with E-state index in [1.165, 1.54) is 0 Å². The Kier molecular flexibility index (Phi) is 5.94. The second-order valence-electron chi connectivity index (χ2n) is 7.21. The Morgan fingerprint density at radius 2 is 1.79 bits per heavy atom. The van der Waals surface area contributed by atoms with Gasteiger partial charge in [0.25, 0.3) is 0 Å². The third-order valence-electron chi connectivity index (χ3n) is 5.50. The van der Waals surface area contributed by atoms with Gasteiger partial charge in [-0.3, -0.25) is 4.90 Å². The van der Waals surface area contributed by atoms with Gasteiger partial charge < -0.3 is 15.7 Å². The maximum absolute atomic E-state index is 10.7. The van der Waals surface area contributed by atoms with Crippen molar-refractivity contribution in [3.05, 3.63) is 28.2 Å². The van der Waals surface area contributed by atoms with E-state index in [2.05, 4.69) is 9.80 Å². The molecule has 0 radical (unpaired) electrons. The SMILES string of the molecule is NC1CCC(O)(CCN2CCN(c3cccc(Cl)c3Cl)CC2)CC1. The van der Waals surface area contributed by atoms with Crippen LogP contribution in [-0.4, -0.2) is 54.4 Å². The zero-order chi connectivity index (χ0) is 17.2. The van der Waals surface area contributed by atoms with Crippen LogP contribution in [0.25, 0.3) is 0 Å². The lowest BCUT2D eigenvalue weighted by molar-refractivity contribution is -0.0156. The van der Waals surface area contributed by atoms with Crippen molar-refractivity contribution in [1.29, 1.82) is 0 Å². The number of hydrogen-bond acceptors (Lipinski definition) is 4. The summed E-state index contributed by atoms with van der Waals surface area (Å²) in [5.74, 6) is 0. The van der Waals surface area contributed by atoms with E-state index in [0.29, 0.717) is 10.0 Å². The van der Waals surface area contributed by atoms with Crippen molar-refractivity contribution in [3.8, 4) is 0 Å². The van der Waals surface area contributed by atoms with E-state index in [1.807, 2.05) is 18.2 Å². The van der Waals surface area contributed by atoms with Crippen LogP contribution in [0.15, 0.2) is 18.2 Å². The Morgan fingerprint density at radius 1 is 1.12 bits per heavy atom. The predicted octanol–water partition coefficient (Wildman–Crippen LogP) is 3.14. The number of anilines is 1. The van der Waals surface area contributed by atoms with Crippen molar-refractivity contribution in [1.82, 2.24) is 4.90 Å². The van der Waals surface area contributed by atoms with Gasteiger partial charge in [-0.25, -0.2) is 0 Å². The maximum atomic E-state index is 10.7. The molecular formula is C18H27Cl2N3O. The number of aliphatic hydroxyl groups is 1. The molecule has 134 valence electrons. The van der Waals surface area contributed by atoms with Crippen molar-refractivity contribution in [3.63, 3.8) is 0 Å². The van der Waals surface area contributed by atoms with E-state index in [0.717, 1.165) is 70.5 Å². The monoisotopic (exact) mass is 371 g/mol. The topological polar surface area (TPSA) is 52.7 Å². The molecule has 3 rings (SSSR count). The van der Waals surface area contributed by atoms with E-state index in [4.69, 9.17) is 28.9 Å². The minimum absolute atomic E-state index is 0.274. The quantitative estimate of drug-likeness (QED) is 0.853. The molecule has 4 nitrogen and oxygen atoms in total. The fourth-order valence-corrected chi connectivity index (χ4v) is 4.16. The standard InChI is InChI=1S/C18H27Cl2N3O/c19-15-2-1-3-16(17(15)20)23-12-10-22(11-13-23)9-8-18(24)6-4-14(21)5-7-18/h1-3,14,24H,4-13,21H2. The summed E-state index contributed by atoms with van der Waals surface area (Å²) >= 11 is 12.4. The summed E-state index contributed by atoms with van der Waals surface area (Å²) in [6, 6.07) is 6.06. The smallest absolute Gasteiger partial charge is 0.0825 e. The van der Waals surface area contributed by atoms with Gasteiger partial charge in [-0.1, -0.05) is 29.3 Å². The zero-order valence-electron chi connectivity index (χ0n) is 14.1. The van der Waals surface area contributed by atoms with E-state index >= 15 is 0 Å². The largest absolute Gasteiger partial charge is 0.390 e. The number of piperazine rings is 1. The average molecular weight is 372 g/mol. The van der Waals surface area contributed by atoms with Crippen molar-refractivity contribution < 1.29 is 5.11 Å². The highest BCUT2D eigenvalue weighted by atomic mass is 35.5. The van der Waals surface area contributed by atoms with E-state index in [-0.39, 0.29) is 6.04 Å². The molecule has 1 aromatic rings. The second-order valence-corrected chi connectivity index (χ2v) is 8.00. The summed E-state index contributed by atoms with van der Waals surface area (Å²) in [4.78, 5) is 4.72. The summed E-state index contributed by atoms with van der Waals surface area (Å²) in [5, 5.41) is 11.9. The molecule has 1 aliphatic heterocycles. The Hall–Kier alpha value is -0.520. The van der Waals surface area contributed by atoms with Crippen molar-refractivity contribution in [2.24, 2.45) is 5.73 Å².